The topological polar surface area (TPSA) is 38.0 Å². The maximum atomic E-state index is 5.40. The van der Waals surface area contributed by atoms with Crippen LogP contribution in [-0.4, -0.2) is 5.54 Å². The molecule has 0 amide bonds. The van der Waals surface area contributed by atoms with E-state index in [2.05, 4.69) is 26.2 Å². The molecular weight excluding hydrogens is 148 g/mol. The number of rotatable bonds is 7. The molecule has 0 radical (unpaired) electrons. The first-order valence-electron chi connectivity index (χ1n) is 5.10. The van der Waals surface area contributed by atoms with Gasteiger partial charge in [0.1, 0.15) is 0 Å². The van der Waals surface area contributed by atoms with Gasteiger partial charge in [0.2, 0.25) is 0 Å². The molecule has 0 heterocycles. The molecule has 0 aromatic carbocycles. The molecule has 74 valence electrons. The normalized spacial score (nSPS) is 12.0. The van der Waals surface area contributed by atoms with Crippen LogP contribution in [0, 0.1) is 0 Å². The van der Waals surface area contributed by atoms with Crippen LogP contribution in [0.5, 0.6) is 0 Å². The van der Waals surface area contributed by atoms with E-state index in [9.17, 15) is 0 Å². The van der Waals surface area contributed by atoms with Crippen molar-refractivity contribution in [1.82, 2.24) is 5.43 Å². The fourth-order valence-electron chi connectivity index (χ4n) is 1.24. The summed E-state index contributed by atoms with van der Waals surface area (Å²) in [6.07, 6.45) is 7.87. The van der Waals surface area contributed by atoms with Crippen molar-refractivity contribution in [3.8, 4) is 0 Å². The summed E-state index contributed by atoms with van der Waals surface area (Å²) in [5, 5.41) is 0. The molecule has 0 spiro atoms. The Balaban J connectivity index is 3.19. The van der Waals surface area contributed by atoms with E-state index < -0.39 is 0 Å². The predicted molar refractivity (Wildman–Crippen MR) is 54.8 cm³/mol. The fraction of sp³-hybridized carbons (Fsp3) is 1.00. The third-order valence-corrected chi connectivity index (χ3v) is 2.30. The molecule has 0 rings (SSSR count). The Kier molecular flexibility index (Phi) is 6.39. The van der Waals surface area contributed by atoms with E-state index in [1.54, 1.807) is 0 Å². The molecule has 0 saturated carbocycles. The summed E-state index contributed by atoms with van der Waals surface area (Å²) < 4.78 is 0. The molecular formula is C10H24N2. The van der Waals surface area contributed by atoms with E-state index in [1.807, 2.05) is 0 Å². The van der Waals surface area contributed by atoms with Crippen LogP contribution >= 0.6 is 0 Å². The van der Waals surface area contributed by atoms with E-state index in [4.69, 9.17) is 5.84 Å². The average Bonchev–Trinajstić information content (AvgIpc) is 2.04. The van der Waals surface area contributed by atoms with Gasteiger partial charge in [-0.05, 0) is 20.3 Å². The second-order valence-electron chi connectivity index (χ2n) is 4.19. The van der Waals surface area contributed by atoms with Crippen LogP contribution in [0.15, 0.2) is 0 Å². The summed E-state index contributed by atoms with van der Waals surface area (Å²) in [5.74, 6) is 5.40. The van der Waals surface area contributed by atoms with E-state index in [0.717, 1.165) is 0 Å². The number of nitrogens with one attached hydrogen (secondary N) is 1. The molecule has 3 N–H and O–H groups in total. The van der Waals surface area contributed by atoms with Gasteiger partial charge in [-0.25, -0.2) is 0 Å². The van der Waals surface area contributed by atoms with Crippen molar-refractivity contribution in [3.05, 3.63) is 0 Å². The Bertz CT molecular complexity index is 100. The Morgan fingerprint density at radius 3 is 2.17 bits per heavy atom. The van der Waals surface area contributed by atoms with E-state index in [-0.39, 0.29) is 5.54 Å². The summed E-state index contributed by atoms with van der Waals surface area (Å²) in [6.45, 7) is 6.53. The third-order valence-electron chi connectivity index (χ3n) is 2.30. The highest BCUT2D eigenvalue weighted by Crippen LogP contribution is 2.13. The van der Waals surface area contributed by atoms with Crippen LogP contribution in [-0.2, 0) is 0 Å². The summed E-state index contributed by atoms with van der Waals surface area (Å²) in [4.78, 5) is 0. The molecule has 0 aromatic heterocycles. The van der Waals surface area contributed by atoms with Gasteiger partial charge in [-0.2, -0.15) is 0 Å². The Morgan fingerprint density at radius 1 is 1.08 bits per heavy atom. The van der Waals surface area contributed by atoms with Crippen LogP contribution in [0.25, 0.3) is 0 Å². The zero-order chi connectivity index (χ0) is 9.45. The molecule has 0 bridgehead atoms. The van der Waals surface area contributed by atoms with Gasteiger partial charge in [-0.1, -0.05) is 39.0 Å². The third kappa shape index (κ3) is 6.62. The Morgan fingerprint density at radius 2 is 1.67 bits per heavy atom. The molecule has 0 aliphatic rings. The number of unbranched alkanes of at least 4 members (excludes halogenated alkanes) is 4. The molecule has 0 atom stereocenters. The van der Waals surface area contributed by atoms with Gasteiger partial charge < -0.3 is 0 Å². The van der Waals surface area contributed by atoms with Crippen LogP contribution in [0.4, 0.5) is 0 Å². The average molecular weight is 172 g/mol. The van der Waals surface area contributed by atoms with E-state index >= 15 is 0 Å². The Hall–Kier alpha value is -0.0800. The number of hydrogen-bond donors (Lipinski definition) is 2. The van der Waals surface area contributed by atoms with Gasteiger partial charge in [0.15, 0.2) is 0 Å². The fourth-order valence-corrected chi connectivity index (χ4v) is 1.24. The number of hydrazine groups is 1. The van der Waals surface area contributed by atoms with Crippen molar-refractivity contribution < 1.29 is 0 Å². The van der Waals surface area contributed by atoms with Crippen molar-refractivity contribution in [2.45, 2.75) is 64.8 Å². The number of nitrogens with two attached hydrogens (primary N) is 1. The molecule has 0 aliphatic heterocycles. The van der Waals surface area contributed by atoms with Crippen LogP contribution < -0.4 is 11.3 Å². The lowest BCUT2D eigenvalue weighted by atomic mass is 9.97. The highest BCUT2D eigenvalue weighted by Gasteiger charge is 2.13. The predicted octanol–water partition coefficient (Wildman–Crippen LogP) is 2.59. The highest BCUT2D eigenvalue weighted by molar-refractivity contribution is 4.73. The molecule has 12 heavy (non-hydrogen) atoms. The lowest BCUT2D eigenvalue weighted by Gasteiger charge is -2.23. The minimum Gasteiger partial charge on any atom is -0.271 e. The molecule has 0 aliphatic carbocycles. The highest BCUT2D eigenvalue weighted by atomic mass is 15.3. The lowest BCUT2D eigenvalue weighted by Crippen LogP contribution is -2.43. The molecule has 0 fully saturated rings. The molecule has 2 heteroatoms. The summed E-state index contributed by atoms with van der Waals surface area (Å²) >= 11 is 0. The van der Waals surface area contributed by atoms with E-state index in [0.29, 0.717) is 0 Å². The maximum absolute atomic E-state index is 5.40. The summed E-state index contributed by atoms with van der Waals surface area (Å²) in [5.41, 5.74) is 2.95. The van der Waals surface area contributed by atoms with Crippen LogP contribution in [0.2, 0.25) is 0 Å². The zero-order valence-corrected chi connectivity index (χ0v) is 8.82. The van der Waals surface area contributed by atoms with Crippen molar-refractivity contribution in [2.24, 2.45) is 5.84 Å². The smallest absolute Gasteiger partial charge is 0.0265 e. The first-order valence-corrected chi connectivity index (χ1v) is 5.10. The number of hydrogen-bond acceptors (Lipinski definition) is 2. The maximum Gasteiger partial charge on any atom is 0.0265 e. The van der Waals surface area contributed by atoms with Crippen LogP contribution in [0.3, 0.4) is 0 Å². The minimum absolute atomic E-state index is 0.117. The summed E-state index contributed by atoms with van der Waals surface area (Å²) in [7, 11) is 0. The van der Waals surface area contributed by atoms with Crippen molar-refractivity contribution in [3.63, 3.8) is 0 Å². The second-order valence-corrected chi connectivity index (χ2v) is 4.19. The van der Waals surface area contributed by atoms with E-state index in [1.165, 1.54) is 38.5 Å². The molecule has 0 saturated heterocycles. The second kappa shape index (κ2) is 6.44. The van der Waals surface area contributed by atoms with Crippen molar-refractivity contribution in [1.29, 1.82) is 0 Å². The first kappa shape index (κ1) is 11.9. The van der Waals surface area contributed by atoms with Gasteiger partial charge in [0.25, 0.3) is 0 Å². The SMILES string of the molecule is CCCCCCCC(C)(C)NN. The monoisotopic (exact) mass is 172 g/mol. The standard InChI is InChI=1S/C10H24N2/c1-4-5-6-7-8-9-10(2,3)12-11/h12H,4-9,11H2,1-3H3. The summed E-state index contributed by atoms with van der Waals surface area (Å²) in [6, 6.07) is 0. The van der Waals surface area contributed by atoms with Gasteiger partial charge in [0.05, 0.1) is 0 Å². The van der Waals surface area contributed by atoms with Crippen molar-refractivity contribution >= 4 is 0 Å². The largest absolute Gasteiger partial charge is 0.271 e. The van der Waals surface area contributed by atoms with Gasteiger partial charge >= 0.3 is 0 Å². The minimum atomic E-state index is 0.117. The molecule has 0 aromatic rings. The van der Waals surface area contributed by atoms with Crippen LogP contribution in [0.1, 0.15) is 59.3 Å². The lowest BCUT2D eigenvalue weighted by molar-refractivity contribution is 0.353. The Labute approximate surface area is 76.9 Å². The first-order chi connectivity index (χ1) is 5.62. The zero-order valence-electron chi connectivity index (χ0n) is 8.82. The quantitative estimate of drug-likeness (QED) is 0.352. The molecule has 2 nitrogen and oxygen atoms in total. The van der Waals surface area contributed by atoms with Crippen molar-refractivity contribution in [2.75, 3.05) is 0 Å². The van der Waals surface area contributed by atoms with Gasteiger partial charge in [-0.15, -0.1) is 0 Å². The molecule has 0 unspecified atom stereocenters. The van der Waals surface area contributed by atoms with Gasteiger partial charge in [0, 0.05) is 5.54 Å². The van der Waals surface area contributed by atoms with Gasteiger partial charge in [-0.3, -0.25) is 11.3 Å².